The number of ether oxygens (including phenoxy) is 1. The van der Waals surface area contributed by atoms with Crippen LogP contribution in [0.15, 0.2) is 61.2 Å². The summed E-state index contributed by atoms with van der Waals surface area (Å²) in [6.07, 6.45) is 5.75. The average Bonchev–Trinajstić information content (AvgIpc) is 3.50. The molecule has 0 radical (unpaired) electrons. The second-order valence-electron chi connectivity index (χ2n) is 13.7. The number of aryl methyl sites for hydroxylation is 1. The normalized spacial score (nSPS) is 20.2. The number of benzene rings is 2. The summed E-state index contributed by atoms with van der Waals surface area (Å²) in [5.74, 6) is 2.20. The van der Waals surface area contributed by atoms with Crippen LogP contribution in [0.2, 0.25) is 0 Å². The smallest absolute Gasteiger partial charge is 0.254 e. The molecule has 0 spiro atoms. The molecule has 2 N–H and O–H groups in total. The van der Waals surface area contributed by atoms with Gasteiger partial charge in [-0.25, -0.2) is 9.97 Å². The van der Waals surface area contributed by atoms with Crippen LogP contribution in [0.4, 0.5) is 5.69 Å². The molecule has 2 aromatic carbocycles. The Morgan fingerprint density at radius 2 is 1.92 bits per heavy atom. The zero-order valence-electron chi connectivity index (χ0n) is 27.9. The third-order valence-electron chi connectivity index (χ3n) is 10.9. The van der Waals surface area contributed by atoms with Crippen molar-refractivity contribution in [2.24, 2.45) is 24.6 Å². The number of piperidine rings is 1. The Kier molecular flexibility index (Phi) is 7.17. The molecule has 10 heteroatoms. The number of carbonyl (C=O) groups is 2. The van der Waals surface area contributed by atoms with Crippen molar-refractivity contribution in [1.29, 1.82) is 0 Å². The first-order chi connectivity index (χ1) is 23.2. The van der Waals surface area contributed by atoms with Crippen LogP contribution in [0.25, 0.3) is 44.8 Å². The van der Waals surface area contributed by atoms with E-state index in [0.717, 1.165) is 70.0 Å². The maximum Gasteiger partial charge on any atom is 0.254 e. The maximum absolute atomic E-state index is 13.8. The van der Waals surface area contributed by atoms with Crippen molar-refractivity contribution in [3.05, 3.63) is 72.3 Å². The number of nitrogens with two attached hydrogens (primary N) is 1. The van der Waals surface area contributed by atoms with E-state index in [1.165, 1.54) is 18.9 Å². The van der Waals surface area contributed by atoms with Crippen LogP contribution >= 0.6 is 0 Å². The number of fused-ring (bicyclic) bond motifs is 4. The molecule has 10 nitrogen and oxygen atoms in total. The summed E-state index contributed by atoms with van der Waals surface area (Å²) >= 11 is 0. The topological polar surface area (TPSA) is 112 Å². The van der Waals surface area contributed by atoms with E-state index in [1.807, 2.05) is 55.3 Å². The first kappa shape index (κ1) is 30.4. The number of methoxy groups -OCH3 is 1. The highest BCUT2D eigenvalue weighted by molar-refractivity contribution is 6.02. The molecule has 8 rings (SSSR count). The first-order valence-corrected chi connectivity index (χ1v) is 16.8. The lowest BCUT2D eigenvalue weighted by atomic mass is 10.0. The number of likely N-dealkylation sites (tertiary alicyclic amines) is 1. The molecular formula is C38H41N7O3. The molecule has 1 aliphatic heterocycles. The number of amides is 2. The van der Waals surface area contributed by atoms with Gasteiger partial charge in [-0.3, -0.25) is 9.59 Å². The molecule has 5 aromatic rings. The van der Waals surface area contributed by atoms with Gasteiger partial charge in [0.1, 0.15) is 16.9 Å². The Morgan fingerprint density at radius 1 is 1.10 bits per heavy atom. The zero-order valence-corrected chi connectivity index (χ0v) is 27.9. The van der Waals surface area contributed by atoms with Crippen molar-refractivity contribution in [3.8, 4) is 28.5 Å². The number of hydrogen-bond donors (Lipinski definition) is 1. The van der Waals surface area contributed by atoms with Crippen LogP contribution < -0.4 is 15.4 Å². The van der Waals surface area contributed by atoms with Gasteiger partial charge in [0.2, 0.25) is 5.91 Å². The van der Waals surface area contributed by atoms with Crippen molar-refractivity contribution in [1.82, 2.24) is 24.0 Å². The van der Waals surface area contributed by atoms with Gasteiger partial charge in [-0.1, -0.05) is 18.7 Å². The molecule has 2 aliphatic carbocycles. The van der Waals surface area contributed by atoms with Crippen LogP contribution in [-0.4, -0.2) is 68.6 Å². The zero-order chi connectivity index (χ0) is 33.4. The molecule has 4 heterocycles. The largest absolute Gasteiger partial charge is 0.494 e. The standard InChI is InChI=1S/C38H41N7O3/c1-6-33(46)42(3)29-9-7-8-26(21(29)2)27-14-12-23-17-31(44(36(23)40-27)19-22-10-11-22)37-41-28-16-25(18-32(48-5)35(28)43(37)4)38(47)45-20-24-13-15-30(45)34(24)39/h6-9,12,14,16-18,22,24,30,34H,1,10-11,13,15,19-20,39H2,2-5H3/t24-,30-,34-/m1/s1. The summed E-state index contributed by atoms with van der Waals surface area (Å²) in [4.78, 5) is 40.1. The predicted molar refractivity (Wildman–Crippen MR) is 188 cm³/mol. The molecule has 3 aliphatic rings. The number of anilines is 1. The summed E-state index contributed by atoms with van der Waals surface area (Å²) in [5, 5.41) is 1.03. The van der Waals surface area contributed by atoms with E-state index in [0.29, 0.717) is 35.2 Å². The Morgan fingerprint density at radius 3 is 2.60 bits per heavy atom. The molecule has 246 valence electrons. The van der Waals surface area contributed by atoms with E-state index in [2.05, 4.69) is 27.8 Å². The molecule has 0 unspecified atom stereocenters. The SMILES string of the molecule is C=CC(=O)N(C)c1cccc(-c2ccc3cc(-c4nc5cc(C(=O)N6C[C@H]7CC[C@@H]6[C@@H]7N)cc(OC)c5n4C)n(CC4CC4)c3n2)c1C. The van der Waals surface area contributed by atoms with Crippen molar-refractivity contribution in [2.45, 2.75) is 51.2 Å². The van der Waals surface area contributed by atoms with E-state index in [4.69, 9.17) is 20.4 Å². The minimum absolute atomic E-state index is 0.0101. The highest BCUT2D eigenvalue weighted by Crippen LogP contribution is 2.41. The Labute approximate surface area is 279 Å². The third kappa shape index (κ3) is 4.72. The van der Waals surface area contributed by atoms with Gasteiger partial charge < -0.3 is 29.4 Å². The minimum atomic E-state index is -0.163. The van der Waals surface area contributed by atoms with Gasteiger partial charge in [0.25, 0.3) is 5.91 Å². The Bertz CT molecular complexity index is 2140. The lowest BCUT2D eigenvalue weighted by Crippen LogP contribution is -2.41. The molecule has 2 saturated carbocycles. The molecule has 2 bridgehead atoms. The lowest BCUT2D eigenvalue weighted by Gasteiger charge is -2.27. The van der Waals surface area contributed by atoms with Gasteiger partial charge in [0.05, 0.1) is 24.0 Å². The first-order valence-electron chi connectivity index (χ1n) is 16.8. The summed E-state index contributed by atoms with van der Waals surface area (Å²) < 4.78 is 10.2. The van der Waals surface area contributed by atoms with E-state index >= 15 is 0 Å². The van der Waals surface area contributed by atoms with Crippen molar-refractivity contribution in [3.63, 3.8) is 0 Å². The van der Waals surface area contributed by atoms with Gasteiger partial charge >= 0.3 is 0 Å². The maximum atomic E-state index is 13.8. The molecule has 1 saturated heterocycles. The van der Waals surface area contributed by atoms with Gasteiger partial charge in [-0.15, -0.1) is 0 Å². The summed E-state index contributed by atoms with van der Waals surface area (Å²) in [6.45, 7) is 7.21. The van der Waals surface area contributed by atoms with Crippen LogP contribution in [-0.2, 0) is 18.4 Å². The third-order valence-corrected chi connectivity index (χ3v) is 10.9. The predicted octanol–water partition coefficient (Wildman–Crippen LogP) is 5.69. The molecule has 3 atom stereocenters. The number of carbonyl (C=O) groups excluding carboxylic acids is 2. The van der Waals surface area contributed by atoms with E-state index in [9.17, 15) is 9.59 Å². The highest BCUT2D eigenvalue weighted by atomic mass is 16.5. The van der Waals surface area contributed by atoms with Crippen molar-refractivity contribution in [2.75, 3.05) is 25.6 Å². The number of imidazole rings is 1. The van der Waals surface area contributed by atoms with Crippen LogP contribution in [0.5, 0.6) is 5.75 Å². The summed E-state index contributed by atoms with van der Waals surface area (Å²) in [7, 11) is 5.40. The molecule has 3 aromatic heterocycles. The second kappa shape index (κ2) is 11.3. The number of nitrogens with zero attached hydrogens (tertiary/aromatic N) is 6. The van der Waals surface area contributed by atoms with Crippen LogP contribution in [0.3, 0.4) is 0 Å². The Balaban J connectivity index is 1.23. The van der Waals surface area contributed by atoms with E-state index < -0.39 is 0 Å². The quantitative estimate of drug-likeness (QED) is 0.218. The summed E-state index contributed by atoms with van der Waals surface area (Å²) in [5.41, 5.74) is 14.0. The number of likely N-dealkylation sites (N-methyl/N-ethyl adjacent to an activating group) is 1. The lowest BCUT2D eigenvalue weighted by molar-refractivity contribution is -0.113. The summed E-state index contributed by atoms with van der Waals surface area (Å²) in [6, 6.07) is 16.2. The van der Waals surface area contributed by atoms with Crippen molar-refractivity contribution < 1.29 is 14.3 Å². The molecule has 48 heavy (non-hydrogen) atoms. The fourth-order valence-corrected chi connectivity index (χ4v) is 7.99. The molecular weight excluding hydrogens is 602 g/mol. The van der Waals surface area contributed by atoms with Gasteiger partial charge in [-0.2, -0.15) is 0 Å². The fraction of sp³-hybridized carbons (Fsp3) is 0.368. The van der Waals surface area contributed by atoms with E-state index in [-0.39, 0.29) is 23.9 Å². The Hall–Kier alpha value is -4.96. The van der Waals surface area contributed by atoms with Gasteiger partial charge in [-0.05, 0) is 92.5 Å². The highest BCUT2D eigenvalue weighted by Gasteiger charge is 2.47. The number of rotatable bonds is 8. The van der Waals surface area contributed by atoms with Crippen molar-refractivity contribution >= 4 is 39.6 Å². The number of pyridine rings is 1. The fourth-order valence-electron chi connectivity index (χ4n) is 7.99. The molecule has 3 fully saturated rings. The minimum Gasteiger partial charge on any atom is -0.494 e. The van der Waals surface area contributed by atoms with Gasteiger partial charge in [0, 0.05) is 61.5 Å². The average molecular weight is 644 g/mol. The van der Waals surface area contributed by atoms with Crippen LogP contribution in [0.1, 0.15) is 41.6 Å². The van der Waals surface area contributed by atoms with E-state index in [1.54, 1.807) is 19.1 Å². The number of aromatic nitrogens is 4. The number of hydrogen-bond acceptors (Lipinski definition) is 6. The van der Waals surface area contributed by atoms with Crippen LogP contribution in [0, 0.1) is 18.8 Å². The van der Waals surface area contributed by atoms with Gasteiger partial charge in [0.15, 0.2) is 5.82 Å². The second-order valence-corrected chi connectivity index (χ2v) is 13.7. The monoisotopic (exact) mass is 643 g/mol. The molecule has 2 amide bonds.